The van der Waals surface area contributed by atoms with Gasteiger partial charge in [-0.15, -0.1) is 0 Å². The van der Waals surface area contributed by atoms with Crippen molar-refractivity contribution < 1.29 is 9.53 Å². The molecule has 1 atom stereocenters. The molecule has 2 heteroatoms. The Morgan fingerprint density at radius 2 is 2.21 bits per heavy atom. The minimum absolute atomic E-state index is 0.0647. The Kier molecular flexibility index (Phi) is 2.64. The predicted molar refractivity (Wildman–Crippen MR) is 54.5 cm³/mol. The summed E-state index contributed by atoms with van der Waals surface area (Å²) >= 11 is 0. The molecule has 2 rings (SSSR count). The number of aryl methyl sites for hydroxylation is 1. The van der Waals surface area contributed by atoms with Crippen molar-refractivity contribution in [2.75, 3.05) is 13.7 Å². The van der Waals surface area contributed by atoms with E-state index < -0.39 is 0 Å². The monoisotopic (exact) mass is 190 g/mol. The number of carbonyl (C=O) groups is 1. The van der Waals surface area contributed by atoms with Gasteiger partial charge in [0.25, 0.3) is 0 Å². The molecule has 0 heterocycles. The smallest absolute Gasteiger partial charge is 0.168 e. The van der Waals surface area contributed by atoms with Crippen LogP contribution in [0.1, 0.15) is 22.3 Å². The maximum absolute atomic E-state index is 11.9. The average Bonchev–Trinajstić information content (AvgIpc) is 2.23. The number of hydrogen-bond donors (Lipinski definition) is 0. The maximum atomic E-state index is 11.9. The number of methoxy groups -OCH3 is 1. The Balaban J connectivity index is 2.27. The highest BCUT2D eigenvalue weighted by Crippen LogP contribution is 2.25. The Hall–Kier alpha value is -1.15. The van der Waals surface area contributed by atoms with Crippen molar-refractivity contribution in [3.05, 3.63) is 35.4 Å². The number of Topliss-reactive ketones (excluding diaryl/α,β-unsaturated/α-hetero) is 1. The minimum atomic E-state index is 0.0647. The fourth-order valence-electron chi connectivity index (χ4n) is 2.02. The van der Waals surface area contributed by atoms with E-state index in [4.69, 9.17) is 4.74 Å². The van der Waals surface area contributed by atoms with Crippen molar-refractivity contribution >= 4 is 5.78 Å². The first-order valence-corrected chi connectivity index (χ1v) is 4.94. The summed E-state index contributed by atoms with van der Waals surface area (Å²) < 4.78 is 5.05. The molecule has 0 aromatic heterocycles. The van der Waals surface area contributed by atoms with E-state index in [1.807, 2.05) is 24.3 Å². The molecule has 1 unspecified atom stereocenters. The van der Waals surface area contributed by atoms with Crippen LogP contribution < -0.4 is 0 Å². The SMILES string of the molecule is COCC1CCc2ccccc2C1=O. The van der Waals surface area contributed by atoms with Crippen LogP contribution in [0, 0.1) is 5.92 Å². The predicted octanol–water partition coefficient (Wildman–Crippen LogP) is 2.08. The second-order valence-electron chi connectivity index (χ2n) is 3.71. The van der Waals surface area contributed by atoms with Crippen molar-refractivity contribution in [3.8, 4) is 0 Å². The highest BCUT2D eigenvalue weighted by Gasteiger charge is 2.26. The average molecular weight is 190 g/mol. The number of fused-ring (bicyclic) bond motifs is 1. The lowest BCUT2D eigenvalue weighted by Crippen LogP contribution is -2.25. The zero-order valence-electron chi connectivity index (χ0n) is 8.32. The fraction of sp³-hybridized carbons (Fsp3) is 0.417. The summed E-state index contributed by atoms with van der Waals surface area (Å²) in [4.78, 5) is 11.9. The first-order chi connectivity index (χ1) is 6.83. The van der Waals surface area contributed by atoms with Gasteiger partial charge in [0.1, 0.15) is 0 Å². The maximum Gasteiger partial charge on any atom is 0.168 e. The lowest BCUT2D eigenvalue weighted by Gasteiger charge is -2.22. The minimum Gasteiger partial charge on any atom is -0.384 e. The van der Waals surface area contributed by atoms with E-state index in [0.29, 0.717) is 6.61 Å². The molecule has 74 valence electrons. The third kappa shape index (κ3) is 1.58. The van der Waals surface area contributed by atoms with Gasteiger partial charge in [0.05, 0.1) is 6.61 Å². The van der Waals surface area contributed by atoms with E-state index in [2.05, 4.69) is 0 Å². The van der Waals surface area contributed by atoms with Crippen LogP contribution in [-0.2, 0) is 11.2 Å². The summed E-state index contributed by atoms with van der Waals surface area (Å²) in [6.45, 7) is 0.549. The topological polar surface area (TPSA) is 26.3 Å². The molecule has 1 aromatic carbocycles. The van der Waals surface area contributed by atoms with E-state index in [1.165, 1.54) is 5.56 Å². The molecule has 1 aliphatic rings. The van der Waals surface area contributed by atoms with Gasteiger partial charge in [-0.3, -0.25) is 4.79 Å². The molecule has 1 aromatic rings. The van der Waals surface area contributed by atoms with Crippen molar-refractivity contribution in [2.24, 2.45) is 5.92 Å². The van der Waals surface area contributed by atoms with E-state index in [0.717, 1.165) is 18.4 Å². The molecular weight excluding hydrogens is 176 g/mol. The van der Waals surface area contributed by atoms with Gasteiger partial charge in [0, 0.05) is 18.6 Å². The van der Waals surface area contributed by atoms with Crippen LogP contribution in [0.25, 0.3) is 0 Å². The largest absolute Gasteiger partial charge is 0.384 e. The number of carbonyl (C=O) groups excluding carboxylic acids is 1. The van der Waals surface area contributed by atoms with Crippen molar-refractivity contribution in [1.82, 2.24) is 0 Å². The summed E-state index contributed by atoms with van der Waals surface area (Å²) in [7, 11) is 1.65. The van der Waals surface area contributed by atoms with Crippen LogP contribution in [0.2, 0.25) is 0 Å². The van der Waals surface area contributed by atoms with Gasteiger partial charge in [-0.1, -0.05) is 24.3 Å². The lowest BCUT2D eigenvalue weighted by molar-refractivity contribution is 0.0779. The molecule has 0 bridgehead atoms. The second kappa shape index (κ2) is 3.93. The zero-order valence-corrected chi connectivity index (χ0v) is 8.32. The molecule has 2 nitrogen and oxygen atoms in total. The molecule has 0 saturated carbocycles. The van der Waals surface area contributed by atoms with Gasteiger partial charge < -0.3 is 4.74 Å². The van der Waals surface area contributed by atoms with E-state index in [9.17, 15) is 4.79 Å². The highest BCUT2D eigenvalue weighted by molar-refractivity contribution is 6.00. The van der Waals surface area contributed by atoms with Gasteiger partial charge in [-0.25, -0.2) is 0 Å². The van der Waals surface area contributed by atoms with Gasteiger partial charge >= 0.3 is 0 Å². The molecule has 0 amide bonds. The lowest BCUT2D eigenvalue weighted by atomic mass is 9.83. The van der Waals surface area contributed by atoms with Gasteiger partial charge in [-0.05, 0) is 18.4 Å². The van der Waals surface area contributed by atoms with Crippen LogP contribution in [0.4, 0.5) is 0 Å². The standard InChI is InChI=1S/C12H14O2/c1-14-8-10-7-6-9-4-2-3-5-11(9)12(10)13/h2-5,10H,6-8H2,1H3. The van der Waals surface area contributed by atoms with Gasteiger partial charge in [0.2, 0.25) is 0 Å². The number of ketones is 1. The van der Waals surface area contributed by atoms with E-state index >= 15 is 0 Å². The van der Waals surface area contributed by atoms with Crippen molar-refractivity contribution in [1.29, 1.82) is 0 Å². The van der Waals surface area contributed by atoms with Crippen molar-refractivity contribution in [2.45, 2.75) is 12.8 Å². The third-order valence-electron chi connectivity index (χ3n) is 2.78. The number of hydrogen-bond acceptors (Lipinski definition) is 2. The summed E-state index contributed by atoms with van der Waals surface area (Å²) in [5.41, 5.74) is 2.07. The van der Waals surface area contributed by atoms with Crippen LogP contribution in [-0.4, -0.2) is 19.5 Å². The Morgan fingerprint density at radius 1 is 1.43 bits per heavy atom. The van der Waals surface area contributed by atoms with Gasteiger partial charge in [-0.2, -0.15) is 0 Å². The molecule has 1 aliphatic carbocycles. The Morgan fingerprint density at radius 3 is 3.00 bits per heavy atom. The van der Waals surface area contributed by atoms with Crippen molar-refractivity contribution in [3.63, 3.8) is 0 Å². The van der Waals surface area contributed by atoms with Crippen LogP contribution in [0.3, 0.4) is 0 Å². The summed E-state index contributed by atoms with van der Waals surface area (Å²) in [5.74, 6) is 0.309. The fourth-order valence-corrected chi connectivity index (χ4v) is 2.02. The summed E-state index contributed by atoms with van der Waals surface area (Å²) in [6, 6.07) is 7.87. The molecule has 0 aliphatic heterocycles. The first-order valence-electron chi connectivity index (χ1n) is 4.94. The van der Waals surface area contributed by atoms with Crippen LogP contribution >= 0.6 is 0 Å². The van der Waals surface area contributed by atoms with E-state index in [-0.39, 0.29) is 11.7 Å². The molecular formula is C12H14O2. The second-order valence-corrected chi connectivity index (χ2v) is 3.71. The number of rotatable bonds is 2. The summed E-state index contributed by atoms with van der Waals surface area (Å²) in [5, 5.41) is 0. The third-order valence-corrected chi connectivity index (χ3v) is 2.78. The molecule has 0 fully saturated rings. The number of ether oxygens (including phenoxy) is 1. The number of benzene rings is 1. The Bertz CT molecular complexity index is 344. The summed E-state index contributed by atoms with van der Waals surface area (Å²) in [6.07, 6.45) is 1.92. The van der Waals surface area contributed by atoms with E-state index in [1.54, 1.807) is 7.11 Å². The first kappa shape index (κ1) is 9.41. The molecule has 14 heavy (non-hydrogen) atoms. The van der Waals surface area contributed by atoms with Gasteiger partial charge in [0.15, 0.2) is 5.78 Å². The normalized spacial score (nSPS) is 20.6. The van der Waals surface area contributed by atoms with Crippen LogP contribution in [0.5, 0.6) is 0 Å². The Labute approximate surface area is 83.9 Å². The highest BCUT2D eigenvalue weighted by atomic mass is 16.5. The quantitative estimate of drug-likeness (QED) is 0.713. The molecule has 0 N–H and O–H groups in total. The molecule has 0 radical (unpaired) electrons. The molecule has 0 saturated heterocycles. The zero-order chi connectivity index (χ0) is 9.97. The molecule has 0 spiro atoms. The van der Waals surface area contributed by atoms with Crippen LogP contribution in [0.15, 0.2) is 24.3 Å².